The number of Topliss-reactive ketones (excluding diaryl/α,β-unsaturated/α-hetero) is 1. The van der Waals surface area contributed by atoms with Gasteiger partial charge < -0.3 is 0 Å². The van der Waals surface area contributed by atoms with Crippen molar-refractivity contribution >= 4 is 5.78 Å². The molecule has 3 heteroatoms. The number of aromatic amines is 1. The third-order valence-corrected chi connectivity index (χ3v) is 0.998. The molecule has 0 fully saturated rings. The molecule has 1 heterocycles. The predicted octanol–water partition coefficient (Wildman–Crippen LogP) is 0.541. The van der Waals surface area contributed by atoms with Crippen LogP contribution in [-0.4, -0.2) is 16.0 Å². The van der Waals surface area contributed by atoms with Crippen molar-refractivity contribution in [2.45, 2.75) is 13.3 Å². The molecule has 0 amide bonds. The van der Waals surface area contributed by atoms with Gasteiger partial charge in [0, 0.05) is 18.3 Å². The van der Waals surface area contributed by atoms with E-state index in [-0.39, 0.29) is 5.78 Å². The molecule has 0 aliphatic rings. The Morgan fingerprint density at radius 3 is 3.11 bits per heavy atom. The number of hydrogen-bond acceptors (Lipinski definition) is 2. The molecule has 9 heavy (non-hydrogen) atoms. The van der Waals surface area contributed by atoms with Gasteiger partial charge in [0.05, 0.1) is 0 Å². The molecular formula is C6H8N2O. The lowest BCUT2D eigenvalue weighted by Gasteiger charge is -1.86. The summed E-state index contributed by atoms with van der Waals surface area (Å²) in [5.41, 5.74) is 0.877. The van der Waals surface area contributed by atoms with E-state index in [1.54, 1.807) is 19.2 Å². The Morgan fingerprint density at radius 1 is 1.89 bits per heavy atom. The third-order valence-electron chi connectivity index (χ3n) is 0.998. The van der Waals surface area contributed by atoms with Crippen molar-refractivity contribution in [1.82, 2.24) is 10.2 Å². The van der Waals surface area contributed by atoms with Gasteiger partial charge in [-0.25, -0.2) is 0 Å². The van der Waals surface area contributed by atoms with Crippen LogP contribution in [0.5, 0.6) is 0 Å². The van der Waals surface area contributed by atoms with Crippen LogP contribution in [-0.2, 0) is 11.2 Å². The van der Waals surface area contributed by atoms with Gasteiger partial charge in [0.2, 0.25) is 0 Å². The number of carbonyl (C=O) groups is 1. The number of H-pyrrole nitrogens is 1. The summed E-state index contributed by atoms with van der Waals surface area (Å²) in [5, 5.41) is 6.40. The Balaban J connectivity index is 2.58. The van der Waals surface area contributed by atoms with Gasteiger partial charge in [-0.1, -0.05) is 0 Å². The first-order chi connectivity index (χ1) is 4.29. The zero-order chi connectivity index (χ0) is 6.69. The van der Waals surface area contributed by atoms with Gasteiger partial charge in [0.15, 0.2) is 0 Å². The normalized spacial score (nSPS) is 9.44. The maximum atomic E-state index is 10.5. The van der Waals surface area contributed by atoms with Crippen LogP contribution < -0.4 is 0 Å². The van der Waals surface area contributed by atoms with E-state index in [0.29, 0.717) is 6.42 Å². The van der Waals surface area contributed by atoms with E-state index in [1.165, 1.54) is 0 Å². The molecule has 0 unspecified atom stereocenters. The van der Waals surface area contributed by atoms with E-state index in [4.69, 9.17) is 0 Å². The van der Waals surface area contributed by atoms with Crippen LogP contribution in [0.3, 0.4) is 0 Å². The van der Waals surface area contributed by atoms with Crippen molar-refractivity contribution in [1.29, 1.82) is 0 Å². The lowest BCUT2D eigenvalue weighted by atomic mass is 10.2. The summed E-state index contributed by atoms with van der Waals surface area (Å²) in [6, 6.07) is 1.79. The quantitative estimate of drug-likeness (QED) is 0.625. The number of aromatic nitrogens is 2. The molecule has 1 aromatic rings. The van der Waals surface area contributed by atoms with Crippen LogP contribution in [0.25, 0.3) is 0 Å². The summed E-state index contributed by atoms with van der Waals surface area (Å²) < 4.78 is 0. The first-order valence-electron chi connectivity index (χ1n) is 2.77. The Morgan fingerprint density at radius 2 is 2.67 bits per heavy atom. The van der Waals surface area contributed by atoms with E-state index >= 15 is 0 Å². The van der Waals surface area contributed by atoms with Crippen molar-refractivity contribution in [2.75, 3.05) is 0 Å². The number of nitrogens with one attached hydrogen (secondary N) is 1. The lowest BCUT2D eigenvalue weighted by molar-refractivity contribution is -0.116. The second kappa shape index (κ2) is 2.44. The lowest BCUT2D eigenvalue weighted by Crippen LogP contribution is -1.95. The summed E-state index contributed by atoms with van der Waals surface area (Å²) >= 11 is 0. The Hall–Kier alpha value is -1.12. The highest BCUT2D eigenvalue weighted by Crippen LogP contribution is 1.92. The molecule has 0 saturated heterocycles. The summed E-state index contributed by atoms with van der Waals surface area (Å²) in [6.07, 6.45) is 2.10. The van der Waals surface area contributed by atoms with E-state index in [9.17, 15) is 4.79 Å². The number of ketones is 1. The number of hydrogen-bond donors (Lipinski definition) is 1. The van der Waals surface area contributed by atoms with Gasteiger partial charge in [-0.15, -0.1) is 0 Å². The Bertz CT molecular complexity index is 191. The molecule has 0 bridgehead atoms. The molecule has 0 aliphatic carbocycles. The molecule has 1 N–H and O–H groups in total. The van der Waals surface area contributed by atoms with Crippen molar-refractivity contribution in [2.24, 2.45) is 0 Å². The summed E-state index contributed by atoms with van der Waals surface area (Å²) in [6.45, 7) is 1.56. The van der Waals surface area contributed by atoms with Crippen molar-refractivity contribution in [3.05, 3.63) is 18.0 Å². The highest BCUT2D eigenvalue weighted by Gasteiger charge is 1.95. The largest absolute Gasteiger partial charge is 0.300 e. The van der Waals surface area contributed by atoms with Gasteiger partial charge in [-0.05, 0) is 13.0 Å². The monoisotopic (exact) mass is 124 g/mol. The molecule has 0 atom stereocenters. The summed E-state index contributed by atoms with van der Waals surface area (Å²) in [7, 11) is 0. The predicted molar refractivity (Wildman–Crippen MR) is 33.0 cm³/mol. The molecule has 0 radical (unpaired) electrons. The second-order valence-electron chi connectivity index (χ2n) is 1.96. The topological polar surface area (TPSA) is 45.8 Å². The molecule has 1 aromatic heterocycles. The molecule has 0 saturated carbocycles. The number of carbonyl (C=O) groups excluding carboxylic acids is 1. The van der Waals surface area contributed by atoms with Crippen LogP contribution in [0.2, 0.25) is 0 Å². The third kappa shape index (κ3) is 1.68. The van der Waals surface area contributed by atoms with Gasteiger partial charge in [-0.2, -0.15) is 5.10 Å². The minimum Gasteiger partial charge on any atom is -0.300 e. The van der Waals surface area contributed by atoms with E-state index in [1.807, 2.05) is 0 Å². The van der Waals surface area contributed by atoms with Gasteiger partial charge in [0.1, 0.15) is 5.78 Å². The highest BCUT2D eigenvalue weighted by molar-refractivity contribution is 5.77. The number of nitrogens with zero attached hydrogens (tertiary/aromatic N) is 1. The molecular weight excluding hydrogens is 116 g/mol. The SMILES string of the molecule is CC(=O)Cc1ccn[nH]1. The zero-order valence-electron chi connectivity index (χ0n) is 5.22. The molecule has 1 rings (SSSR count). The smallest absolute Gasteiger partial charge is 0.135 e. The fourth-order valence-electron chi connectivity index (χ4n) is 0.651. The van der Waals surface area contributed by atoms with Crippen molar-refractivity contribution < 1.29 is 4.79 Å². The molecule has 48 valence electrons. The van der Waals surface area contributed by atoms with Crippen LogP contribution >= 0.6 is 0 Å². The average molecular weight is 124 g/mol. The first-order valence-corrected chi connectivity index (χ1v) is 2.77. The highest BCUT2D eigenvalue weighted by atomic mass is 16.1. The Kier molecular flexibility index (Phi) is 1.63. The fraction of sp³-hybridized carbons (Fsp3) is 0.333. The van der Waals surface area contributed by atoms with Crippen LogP contribution in [0, 0.1) is 0 Å². The molecule has 3 nitrogen and oxygen atoms in total. The van der Waals surface area contributed by atoms with E-state index in [2.05, 4.69) is 10.2 Å². The minimum atomic E-state index is 0.152. The van der Waals surface area contributed by atoms with Gasteiger partial charge in [-0.3, -0.25) is 9.89 Å². The second-order valence-corrected chi connectivity index (χ2v) is 1.96. The van der Waals surface area contributed by atoms with E-state index in [0.717, 1.165) is 5.69 Å². The summed E-state index contributed by atoms with van der Waals surface area (Å²) in [4.78, 5) is 10.5. The van der Waals surface area contributed by atoms with Crippen molar-refractivity contribution in [3.8, 4) is 0 Å². The average Bonchev–Trinajstić information content (AvgIpc) is 2.15. The summed E-state index contributed by atoms with van der Waals surface area (Å²) in [5.74, 6) is 0.152. The van der Waals surface area contributed by atoms with Gasteiger partial charge >= 0.3 is 0 Å². The maximum absolute atomic E-state index is 10.5. The molecule has 0 spiro atoms. The number of rotatable bonds is 2. The van der Waals surface area contributed by atoms with E-state index < -0.39 is 0 Å². The van der Waals surface area contributed by atoms with Crippen molar-refractivity contribution in [3.63, 3.8) is 0 Å². The van der Waals surface area contributed by atoms with Crippen LogP contribution in [0.1, 0.15) is 12.6 Å². The maximum Gasteiger partial charge on any atom is 0.135 e. The van der Waals surface area contributed by atoms with Crippen LogP contribution in [0.4, 0.5) is 0 Å². The fourth-order valence-corrected chi connectivity index (χ4v) is 0.651. The first kappa shape index (κ1) is 6.01. The standard InChI is InChI=1S/C6H8N2O/c1-5(9)4-6-2-3-7-8-6/h2-3H,4H2,1H3,(H,7,8). The minimum absolute atomic E-state index is 0.152. The molecule has 0 aliphatic heterocycles. The zero-order valence-corrected chi connectivity index (χ0v) is 5.22. The van der Waals surface area contributed by atoms with Gasteiger partial charge in [0.25, 0.3) is 0 Å². The van der Waals surface area contributed by atoms with Crippen LogP contribution in [0.15, 0.2) is 12.3 Å². The molecule has 0 aromatic carbocycles. The Labute approximate surface area is 53.1 Å².